The molecular weight excluding hydrogens is 190 g/mol. The van der Waals surface area contributed by atoms with E-state index in [1.54, 1.807) is 0 Å². The van der Waals surface area contributed by atoms with Crippen molar-refractivity contribution in [1.29, 1.82) is 0 Å². The van der Waals surface area contributed by atoms with E-state index in [0.717, 1.165) is 24.7 Å². The Hall–Kier alpha value is -0.900. The van der Waals surface area contributed by atoms with Gasteiger partial charge in [-0.25, -0.2) is 0 Å². The third-order valence-corrected chi connectivity index (χ3v) is 3.48. The molecule has 1 saturated carbocycles. The van der Waals surface area contributed by atoms with E-state index >= 15 is 0 Å². The van der Waals surface area contributed by atoms with E-state index in [2.05, 4.69) is 22.4 Å². The molecule has 0 amide bonds. The fourth-order valence-electron chi connectivity index (χ4n) is 2.20. The first kappa shape index (κ1) is 9.33. The third-order valence-electron chi connectivity index (χ3n) is 3.48. The molecule has 82 valence electrons. The van der Waals surface area contributed by atoms with Crippen molar-refractivity contribution in [3.8, 4) is 0 Å². The van der Waals surface area contributed by atoms with Crippen molar-refractivity contribution >= 4 is 0 Å². The van der Waals surface area contributed by atoms with Gasteiger partial charge in [-0.3, -0.25) is 0 Å². The van der Waals surface area contributed by atoms with Crippen LogP contribution >= 0.6 is 0 Å². The summed E-state index contributed by atoms with van der Waals surface area (Å²) in [6.45, 7) is 3.23. The van der Waals surface area contributed by atoms with Crippen LogP contribution in [0.4, 0.5) is 0 Å². The minimum atomic E-state index is -0.0606. The van der Waals surface area contributed by atoms with Crippen molar-refractivity contribution in [3.05, 3.63) is 11.7 Å². The summed E-state index contributed by atoms with van der Waals surface area (Å²) in [5.74, 6) is 2.25. The van der Waals surface area contributed by atoms with Crippen molar-refractivity contribution in [2.45, 2.75) is 50.5 Å². The number of hydrogen-bond donors (Lipinski definition) is 1. The lowest BCUT2D eigenvalue weighted by Gasteiger charge is -2.31. The second kappa shape index (κ2) is 3.30. The molecule has 2 aliphatic rings. The van der Waals surface area contributed by atoms with E-state index in [0.29, 0.717) is 5.92 Å². The lowest BCUT2D eigenvalue weighted by Crippen LogP contribution is -2.44. The predicted molar refractivity (Wildman–Crippen MR) is 55.5 cm³/mol. The average Bonchev–Trinajstić information content (AvgIpc) is 2.97. The van der Waals surface area contributed by atoms with Crippen molar-refractivity contribution in [2.75, 3.05) is 6.54 Å². The first-order chi connectivity index (χ1) is 7.28. The highest BCUT2D eigenvalue weighted by Crippen LogP contribution is 2.40. The van der Waals surface area contributed by atoms with E-state index < -0.39 is 0 Å². The third kappa shape index (κ3) is 1.67. The highest BCUT2D eigenvalue weighted by Gasteiger charge is 2.36. The minimum absolute atomic E-state index is 0.0606. The largest absolute Gasteiger partial charge is 0.339 e. The SMILES string of the molecule is CC1(c2noc(C3CC3)n2)CCCCN1. The van der Waals surface area contributed by atoms with Gasteiger partial charge >= 0.3 is 0 Å². The van der Waals surface area contributed by atoms with Gasteiger partial charge in [-0.05, 0) is 45.6 Å². The number of nitrogens with zero attached hydrogens (tertiary/aromatic N) is 2. The quantitative estimate of drug-likeness (QED) is 0.805. The average molecular weight is 207 g/mol. The molecule has 1 saturated heterocycles. The van der Waals surface area contributed by atoms with Crippen LogP contribution in [0.5, 0.6) is 0 Å². The lowest BCUT2D eigenvalue weighted by molar-refractivity contribution is 0.257. The molecule has 15 heavy (non-hydrogen) atoms. The Balaban J connectivity index is 1.83. The Kier molecular flexibility index (Phi) is 2.06. The van der Waals surface area contributed by atoms with Gasteiger partial charge in [-0.15, -0.1) is 0 Å². The van der Waals surface area contributed by atoms with Crippen LogP contribution in [0, 0.1) is 0 Å². The maximum atomic E-state index is 5.31. The fourth-order valence-corrected chi connectivity index (χ4v) is 2.20. The molecule has 4 heteroatoms. The standard InChI is InChI=1S/C11H17N3O/c1-11(6-2-3-7-12-11)10-13-9(15-14-10)8-4-5-8/h8,12H,2-7H2,1H3. The molecule has 4 nitrogen and oxygen atoms in total. The van der Waals surface area contributed by atoms with Gasteiger partial charge in [-0.2, -0.15) is 4.98 Å². The molecule has 1 aliphatic heterocycles. The molecule has 0 bridgehead atoms. The molecule has 2 fully saturated rings. The summed E-state index contributed by atoms with van der Waals surface area (Å²) in [7, 11) is 0. The van der Waals surface area contributed by atoms with Crippen LogP contribution < -0.4 is 5.32 Å². The highest BCUT2D eigenvalue weighted by atomic mass is 16.5. The second-order valence-corrected chi connectivity index (χ2v) is 4.95. The van der Waals surface area contributed by atoms with E-state index in [9.17, 15) is 0 Å². The molecule has 0 spiro atoms. The molecule has 0 aromatic carbocycles. The number of hydrogen-bond acceptors (Lipinski definition) is 4. The molecule has 1 aliphatic carbocycles. The molecule has 1 aromatic rings. The summed E-state index contributed by atoms with van der Waals surface area (Å²) in [5, 5.41) is 7.62. The fraction of sp³-hybridized carbons (Fsp3) is 0.818. The van der Waals surface area contributed by atoms with Crippen LogP contribution in [0.15, 0.2) is 4.52 Å². The number of aromatic nitrogens is 2. The molecule has 0 radical (unpaired) electrons. The van der Waals surface area contributed by atoms with Gasteiger partial charge in [-0.1, -0.05) is 5.16 Å². The molecule has 1 atom stereocenters. The number of piperidine rings is 1. The van der Waals surface area contributed by atoms with E-state index in [4.69, 9.17) is 4.52 Å². The topological polar surface area (TPSA) is 51.0 Å². The van der Waals surface area contributed by atoms with Crippen LogP contribution in [0.3, 0.4) is 0 Å². The minimum Gasteiger partial charge on any atom is -0.339 e. The van der Waals surface area contributed by atoms with Crippen LogP contribution in [-0.2, 0) is 5.54 Å². The zero-order valence-corrected chi connectivity index (χ0v) is 9.12. The normalized spacial score (nSPS) is 31.8. The second-order valence-electron chi connectivity index (χ2n) is 4.95. The Labute approximate surface area is 89.4 Å². The van der Waals surface area contributed by atoms with Crippen LogP contribution in [0.2, 0.25) is 0 Å². The highest BCUT2D eigenvalue weighted by molar-refractivity contribution is 5.08. The van der Waals surface area contributed by atoms with Gasteiger partial charge in [0.25, 0.3) is 0 Å². The molecule has 3 rings (SSSR count). The molecular formula is C11H17N3O. The van der Waals surface area contributed by atoms with Crippen LogP contribution in [0.25, 0.3) is 0 Å². The van der Waals surface area contributed by atoms with Crippen molar-refractivity contribution in [2.24, 2.45) is 0 Å². The summed E-state index contributed by atoms with van der Waals surface area (Å²) >= 11 is 0. The van der Waals surface area contributed by atoms with Crippen LogP contribution in [-0.4, -0.2) is 16.7 Å². The summed E-state index contributed by atoms with van der Waals surface area (Å²) in [5.41, 5.74) is -0.0606. The Morgan fingerprint density at radius 2 is 2.27 bits per heavy atom. The summed E-state index contributed by atoms with van der Waals surface area (Å²) in [6.07, 6.45) is 6.04. The molecule has 1 N–H and O–H groups in total. The first-order valence-electron chi connectivity index (χ1n) is 5.87. The maximum Gasteiger partial charge on any atom is 0.229 e. The predicted octanol–water partition coefficient (Wildman–Crippen LogP) is 1.94. The smallest absolute Gasteiger partial charge is 0.229 e. The van der Waals surface area contributed by atoms with Crippen molar-refractivity contribution in [1.82, 2.24) is 15.5 Å². The van der Waals surface area contributed by atoms with E-state index in [1.165, 1.54) is 25.7 Å². The monoisotopic (exact) mass is 207 g/mol. The van der Waals surface area contributed by atoms with E-state index in [1.807, 2.05) is 0 Å². The summed E-state index contributed by atoms with van der Waals surface area (Å²) in [6, 6.07) is 0. The lowest BCUT2D eigenvalue weighted by atomic mass is 9.90. The molecule has 2 heterocycles. The number of rotatable bonds is 2. The van der Waals surface area contributed by atoms with Gasteiger partial charge in [0.05, 0.1) is 5.54 Å². The van der Waals surface area contributed by atoms with Gasteiger partial charge < -0.3 is 9.84 Å². The van der Waals surface area contributed by atoms with Gasteiger partial charge in [0.2, 0.25) is 5.89 Å². The van der Waals surface area contributed by atoms with Crippen LogP contribution in [0.1, 0.15) is 56.7 Å². The number of nitrogens with one attached hydrogen (secondary N) is 1. The van der Waals surface area contributed by atoms with E-state index in [-0.39, 0.29) is 5.54 Å². The van der Waals surface area contributed by atoms with Gasteiger partial charge in [0.15, 0.2) is 5.82 Å². The summed E-state index contributed by atoms with van der Waals surface area (Å²) in [4.78, 5) is 4.53. The zero-order valence-electron chi connectivity index (χ0n) is 9.12. The van der Waals surface area contributed by atoms with Gasteiger partial charge in [0, 0.05) is 5.92 Å². The molecule has 1 unspecified atom stereocenters. The first-order valence-corrected chi connectivity index (χ1v) is 5.87. The Morgan fingerprint density at radius 1 is 1.40 bits per heavy atom. The summed E-state index contributed by atoms with van der Waals surface area (Å²) < 4.78 is 5.31. The zero-order chi connectivity index (χ0) is 10.3. The Bertz CT molecular complexity index is 350. The van der Waals surface area contributed by atoms with Crippen molar-refractivity contribution < 1.29 is 4.52 Å². The maximum absolute atomic E-state index is 5.31. The Morgan fingerprint density at radius 3 is 2.93 bits per heavy atom. The van der Waals surface area contributed by atoms with Crippen molar-refractivity contribution in [3.63, 3.8) is 0 Å². The van der Waals surface area contributed by atoms with Gasteiger partial charge in [0.1, 0.15) is 0 Å². The molecule has 1 aromatic heterocycles.